The molecule has 1 aliphatic rings. The van der Waals surface area contributed by atoms with E-state index in [1.54, 1.807) is 0 Å². The van der Waals surface area contributed by atoms with E-state index in [9.17, 15) is 0 Å². The second kappa shape index (κ2) is 5.23. The standard InChI is InChI=1S/C10H22N2S/c1-8(4-5-11)12-6-7-13-10(3)9(12)2/h8-10H,4-7,11H2,1-3H3. The highest BCUT2D eigenvalue weighted by Crippen LogP contribution is 2.26. The number of nitrogens with two attached hydrogens (primary N) is 1. The van der Waals surface area contributed by atoms with Crippen molar-refractivity contribution in [3.63, 3.8) is 0 Å². The molecular formula is C10H22N2S. The van der Waals surface area contributed by atoms with Gasteiger partial charge in [-0.2, -0.15) is 11.8 Å². The van der Waals surface area contributed by atoms with Crippen LogP contribution in [0.15, 0.2) is 0 Å². The minimum absolute atomic E-state index is 0.656. The quantitative estimate of drug-likeness (QED) is 0.753. The lowest BCUT2D eigenvalue weighted by molar-refractivity contribution is 0.152. The van der Waals surface area contributed by atoms with Gasteiger partial charge in [0.05, 0.1) is 0 Å². The molecular weight excluding hydrogens is 180 g/mol. The molecule has 13 heavy (non-hydrogen) atoms. The molecule has 3 atom stereocenters. The third-order valence-electron chi connectivity index (χ3n) is 3.08. The van der Waals surface area contributed by atoms with Crippen molar-refractivity contribution in [1.29, 1.82) is 0 Å². The molecule has 0 amide bonds. The average molecular weight is 202 g/mol. The summed E-state index contributed by atoms with van der Waals surface area (Å²) in [7, 11) is 0. The number of thioether (sulfide) groups is 1. The third kappa shape index (κ3) is 2.86. The van der Waals surface area contributed by atoms with Crippen LogP contribution in [-0.4, -0.2) is 41.1 Å². The van der Waals surface area contributed by atoms with Crippen molar-refractivity contribution < 1.29 is 0 Å². The van der Waals surface area contributed by atoms with E-state index in [1.165, 1.54) is 12.3 Å². The lowest BCUT2D eigenvalue weighted by Gasteiger charge is -2.41. The number of hydrogen-bond acceptors (Lipinski definition) is 3. The smallest absolute Gasteiger partial charge is 0.0186 e. The molecule has 0 aliphatic carbocycles. The van der Waals surface area contributed by atoms with E-state index in [1.807, 2.05) is 0 Å². The molecule has 1 saturated heterocycles. The highest BCUT2D eigenvalue weighted by Gasteiger charge is 2.27. The summed E-state index contributed by atoms with van der Waals surface area (Å²) >= 11 is 2.09. The van der Waals surface area contributed by atoms with Gasteiger partial charge in [-0.3, -0.25) is 4.90 Å². The van der Waals surface area contributed by atoms with Crippen LogP contribution >= 0.6 is 11.8 Å². The summed E-state index contributed by atoms with van der Waals surface area (Å²) in [6.07, 6.45) is 1.13. The molecule has 1 fully saturated rings. The van der Waals surface area contributed by atoms with Gasteiger partial charge in [0.2, 0.25) is 0 Å². The Kier molecular flexibility index (Phi) is 4.56. The topological polar surface area (TPSA) is 29.3 Å². The molecule has 3 unspecified atom stereocenters. The van der Waals surface area contributed by atoms with Crippen molar-refractivity contribution in [2.45, 2.75) is 44.5 Å². The Bertz CT molecular complexity index is 152. The predicted octanol–water partition coefficient (Wildman–Crippen LogP) is 1.55. The molecule has 2 nitrogen and oxygen atoms in total. The Morgan fingerprint density at radius 3 is 2.85 bits per heavy atom. The van der Waals surface area contributed by atoms with E-state index in [0.717, 1.165) is 18.2 Å². The molecule has 78 valence electrons. The molecule has 3 heteroatoms. The SMILES string of the molecule is CC1SCCN(C(C)CCN)C1C. The molecule has 0 radical (unpaired) electrons. The van der Waals surface area contributed by atoms with E-state index in [0.29, 0.717) is 12.1 Å². The van der Waals surface area contributed by atoms with E-state index in [-0.39, 0.29) is 0 Å². The van der Waals surface area contributed by atoms with E-state index < -0.39 is 0 Å². The maximum atomic E-state index is 5.58. The predicted molar refractivity (Wildman–Crippen MR) is 61.2 cm³/mol. The van der Waals surface area contributed by atoms with Gasteiger partial charge in [-0.25, -0.2) is 0 Å². The zero-order valence-electron chi connectivity index (χ0n) is 8.99. The van der Waals surface area contributed by atoms with Crippen LogP contribution in [0.1, 0.15) is 27.2 Å². The maximum absolute atomic E-state index is 5.58. The Labute approximate surface area is 86.2 Å². The minimum Gasteiger partial charge on any atom is -0.330 e. The molecule has 2 N–H and O–H groups in total. The van der Waals surface area contributed by atoms with Gasteiger partial charge in [-0.05, 0) is 26.8 Å². The zero-order chi connectivity index (χ0) is 9.84. The summed E-state index contributed by atoms with van der Waals surface area (Å²) in [6, 6.07) is 1.36. The van der Waals surface area contributed by atoms with Crippen LogP contribution in [0.3, 0.4) is 0 Å². The van der Waals surface area contributed by atoms with Crippen molar-refractivity contribution >= 4 is 11.8 Å². The molecule has 1 aliphatic heterocycles. The fourth-order valence-electron chi connectivity index (χ4n) is 1.99. The van der Waals surface area contributed by atoms with Crippen LogP contribution in [0.5, 0.6) is 0 Å². The maximum Gasteiger partial charge on any atom is 0.0186 e. The van der Waals surface area contributed by atoms with Crippen molar-refractivity contribution in [2.75, 3.05) is 18.8 Å². The lowest BCUT2D eigenvalue weighted by Crippen LogP contribution is -2.49. The minimum atomic E-state index is 0.656. The molecule has 1 heterocycles. The number of hydrogen-bond donors (Lipinski definition) is 1. The summed E-state index contributed by atoms with van der Waals surface area (Å²) in [6.45, 7) is 9.01. The van der Waals surface area contributed by atoms with Gasteiger partial charge in [-0.1, -0.05) is 6.92 Å². The van der Waals surface area contributed by atoms with E-state index in [2.05, 4.69) is 37.4 Å². The first kappa shape index (κ1) is 11.3. The highest BCUT2D eigenvalue weighted by atomic mass is 32.2. The van der Waals surface area contributed by atoms with Gasteiger partial charge in [0.15, 0.2) is 0 Å². The third-order valence-corrected chi connectivity index (χ3v) is 4.42. The lowest BCUT2D eigenvalue weighted by atomic mass is 10.1. The van der Waals surface area contributed by atoms with Gasteiger partial charge < -0.3 is 5.73 Å². The van der Waals surface area contributed by atoms with Crippen LogP contribution < -0.4 is 5.73 Å². The van der Waals surface area contributed by atoms with Crippen LogP contribution in [0.25, 0.3) is 0 Å². The molecule has 0 spiro atoms. The molecule has 0 aromatic heterocycles. The van der Waals surface area contributed by atoms with Crippen LogP contribution in [-0.2, 0) is 0 Å². The summed E-state index contributed by atoms with van der Waals surface area (Å²) in [5.74, 6) is 1.28. The van der Waals surface area contributed by atoms with E-state index in [4.69, 9.17) is 5.73 Å². The van der Waals surface area contributed by atoms with Crippen molar-refractivity contribution in [3.05, 3.63) is 0 Å². The Morgan fingerprint density at radius 2 is 2.23 bits per heavy atom. The summed E-state index contributed by atoms with van der Waals surface area (Å²) in [5, 5.41) is 0.772. The normalized spacial score (nSPS) is 33.2. The Hall–Kier alpha value is 0.270. The fraction of sp³-hybridized carbons (Fsp3) is 1.00. The van der Waals surface area contributed by atoms with Gasteiger partial charge in [0, 0.05) is 29.6 Å². The van der Waals surface area contributed by atoms with Crippen molar-refractivity contribution in [2.24, 2.45) is 5.73 Å². The number of nitrogens with zero attached hydrogens (tertiary/aromatic N) is 1. The largest absolute Gasteiger partial charge is 0.330 e. The first-order valence-electron chi connectivity index (χ1n) is 5.24. The van der Waals surface area contributed by atoms with E-state index >= 15 is 0 Å². The molecule has 0 saturated carbocycles. The second-order valence-corrected chi connectivity index (χ2v) is 5.47. The molecule has 0 aromatic rings. The van der Waals surface area contributed by atoms with Crippen molar-refractivity contribution in [3.8, 4) is 0 Å². The average Bonchev–Trinajstić information content (AvgIpc) is 2.10. The van der Waals surface area contributed by atoms with Gasteiger partial charge in [0.25, 0.3) is 0 Å². The van der Waals surface area contributed by atoms with Crippen LogP contribution in [0, 0.1) is 0 Å². The second-order valence-electron chi connectivity index (χ2n) is 3.98. The summed E-state index contributed by atoms with van der Waals surface area (Å²) in [5.41, 5.74) is 5.58. The molecule has 0 aromatic carbocycles. The molecule has 1 rings (SSSR count). The highest BCUT2D eigenvalue weighted by molar-refractivity contribution is 8.00. The summed E-state index contributed by atoms with van der Waals surface area (Å²) < 4.78 is 0. The first-order valence-corrected chi connectivity index (χ1v) is 6.29. The van der Waals surface area contributed by atoms with Crippen molar-refractivity contribution in [1.82, 2.24) is 4.90 Å². The van der Waals surface area contributed by atoms with Crippen LogP contribution in [0.4, 0.5) is 0 Å². The Morgan fingerprint density at radius 1 is 1.54 bits per heavy atom. The first-order chi connectivity index (χ1) is 6.16. The van der Waals surface area contributed by atoms with Gasteiger partial charge >= 0.3 is 0 Å². The Balaban J connectivity index is 2.46. The van der Waals surface area contributed by atoms with Crippen LogP contribution in [0.2, 0.25) is 0 Å². The molecule has 0 bridgehead atoms. The monoisotopic (exact) mass is 202 g/mol. The fourth-order valence-corrected chi connectivity index (χ4v) is 3.11. The summed E-state index contributed by atoms with van der Waals surface area (Å²) in [4.78, 5) is 2.61. The van der Waals surface area contributed by atoms with Gasteiger partial charge in [-0.15, -0.1) is 0 Å². The number of rotatable bonds is 3. The van der Waals surface area contributed by atoms with Gasteiger partial charge in [0.1, 0.15) is 0 Å². The zero-order valence-corrected chi connectivity index (χ0v) is 9.81.